The van der Waals surface area contributed by atoms with Crippen molar-refractivity contribution in [2.24, 2.45) is 0 Å². The maximum absolute atomic E-state index is 13.5. The van der Waals surface area contributed by atoms with E-state index < -0.39 is 5.82 Å². The lowest BCUT2D eigenvalue weighted by Gasteiger charge is -2.16. The SMILES string of the molecule is CC(Nc1ncnc2cc(F)c(N)cc12)c1ccccc1. The van der Waals surface area contributed by atoms with Gasteiger partial charge in [-0.15, -0.1) is 0 Å². The molecular weight excluding hydrogens is 267 g/mol. The fourth-order valence-corrected chi connectivity index (χ4v) is 2.24. The van der Waals surface area contributed by atoms with Crippen molar-refractivity contribution in [2.75, 3.05) is 11.1 Å². The van der Waals surface area contributed by atoms with Gasteiger partial charge in [-0.2, -0.15) is 0 Å². The topological polar surface area (TPSA) is 63.8 Å². The Morgan fingerprint density at radius 2 is 1.90 bits per heavy atom. The number of nitrogen functional groups attached to an aromatic ring is 1. The van der Waals surface area contributed by atoms with Gasteiger partial charge in [-0.1, -0.05) is 30.3 Å². The molecule has 0 aliphatic heterocycles. The summed E-state index contributed by atoms with van der Waals surface area (Å²) in [7, 11) is 0. The van der Waals surface area contributed by atoms with E-state index in [0.29, 0.717) is 16.7 Å². The number of aromatic nitrogens is 2. The monoisotopic (exact) mass is 282 g/mol. The number of halogens is 1. The van der Waals surface area contributed by atoms with Crippen molar-refractivity contribution in [2.45, 2.75) is 13.0 Å². The molecule has 1 unspecified atom stereocenters. The summed E-state index contributed by atoms with van der Waals surface area (Å²) in [6, 6.07) is 13.0. The average Bonchev–Trinajstić information content (AvgIpc) is 2.50. The van der Waals surface area contributed by atoms with Gasteiger partial charge in [0.25, 0.3) is 0 Å². The molecule has 1 atom stereocenters. The third-order valence-electron chi connectivity index (χ3n) is 3.41. The minimum atomic E-state index is -0.469. The number of hydrogen-bond donors (Lipinski definition) is 2. The van der Waals surface area contributed by atoms with Gasteiger partial charge in [-0.05, 0) is 18.6 Å². The van der Waals surface area contributed by atoms with Gasteiger partial charge in [-0.3, -0.25) is 0 Å². The van der Waals surface area contributed by atoms with Crippen molar-refractivity contribution in [3.05, 3.63) is 60.2 Å². The van der Waals surface area contributed by atoms with Crippen molar-refractivity contribution in [3.63, 3.8) is 0 Å². The van der Waals surface area contributed by atoms with E-state index in [4.69, 9.17) is 5.73 Å². The summed E-state index contributed by atoms with van der Waals surface area (Å²) in [5.41, 5.74) is 7.39. The van der Waals surface area contributed by atoms with Crippen LogP contribution in [0.4, 0.5) is 15.9 Å². The summed E-state index contributed by atoms with van der Waals surface area (Å²) < 4.78 is 13.5. The molecule has 0 bridgehead atoms. The molecule has 0 fully saturated rings. The highest BCUT2D eigenvalue weighted by Crippen LogP contribution is 2.26. The normalized spacial score (nSPS) is 12.3. The standard InChI is InChI=1S/C16H15FN4/c1-10(11-5-3-2-4-6-11)21-16-12-7-14(18)13(17)8-15(12)19-9-20-16/h2-10H,18H2,1H3,(H,19,20,21). The molecule has 1 heterocycles. The van der Waals surface area contributed by atoms with E-state index in [-0.39, 0.29) is 11.7 Å². The maximum atomic E-state index is 13.5. The predicted molar refractivity (Wildman–Crippen MR) is 82.4 cm³/mol. The highest BCUT2D eigenvalue weighted by molar-refractivity contribution is 5.91. The van der Waals surface area contributed by atoms with Gasteiger partial charge in [0.05, 0.1) is 11.2 Å². The van der Waals surface area contributed by atoms with Crippen LogP contribution in [0.2, 0.25) is 0 Å². The Labute approximate surface area is 121 Å². The zero-order valence-electron chi connectivity index (χ0n) is 11.5. The van der Waals surface area contributed by atoms with Crippen LogP contribution in [-0.4, -0.2) is 9.97 Å². The minimum absolute atomic E-state index is 0.0653. The van der Waals surface area contributed by atoms with Crippen LogP contribution in [0.5, 0.6) is 0 Å². The number of hydrogen-bond acceptors (Lipinski definition) is 4. The highest BCUT2D eigenvalue weighted by atomic mass is 19.1. The van der Waals surface area contributed by atoms with Crippen LogP contribution < -0.4 is 11.1 Å². The average molecular weight is 282 g/mol. The first-order valence-electron chi connectivity index (χ1n) is 6.66. The molecular formula is C16H15FN4. The highest BCUT2D eigenvalue weighted by Gasteiger charge is 2.11. The molecule has 5 heteroatoms. The van der Waals surface area contributed by atoms with E-state index >= 15 is 0 Å². The van der Waals surface area contributed by atoms with E-state index in [1.54, 1.807) is 6.07 Å². The number of nitrogens with zero attached hydrogens (tertiary/aromatic N) is 2. The maximum Gasteiger partial charge on any atom is 0.148 e. The van der Waals surface area contributed by atoms with Gasteiger partial charge in [0.2, 0.25) is 0 Å². The van der Waals surface area contributed by atoms with Gasteiger partial charge in [0.15, 0.2) is 0 Å². The van der Waals surface area contributed by atoms with Gasteiger partial charge < -0.3 is 11.1 Å². The molecule has 0 aliphatic rings. The molecule has 3 aromatic rings. The molecule has 0 saturated carbocycles. The Balaban J connectivity index is 1.99. The van der Waals surface area contributed by atoms with Crippen LogP contribution in [0, 0.1) is 5.82 Å². The second-order valence-corrected chi connectivity index (χ2v) is 4.89. The third-order valence-corrected chi connectivity index (χ3v) is 3.41. The summed E-state index contributed by atoms with van der Waals surface area (Å²) in [6.07, 6.45) is 1.41. The van der Waals surface area contributed by atoms with Crippen molar-refractivity contribution >= 4 is 22.4 Å². The molecule has 2 aromatic carbocycles. The van der Waals surface area contributed by atoms with E-state index in [0.717, 1.165) is 5.56 Å². The quantitative estimate of drug-likeness (QED) is 0.721. The Hall–Kier alpha value is -2.69. The smallest absolute Gasteiger partial charge is 0.148 e. The number of anilines is 2. The first-order chi connectivity index (χ1) is 10.1. The van der Waals surface area contributed by atoms with E-state index in [9.17, 15) is 4.39 Å². The largest absolute Gasteiger partial charge is 0.396 e. The van der Waals surface area contributed by atoms with Crippen LogP contribution in [-0.2, 0) is 0 Å². The minimum Gasteiger partial charge on any atom is -0.396 e. The first-order valence-corrected chi connectivity index (χ1v) is 6.66. The van der Waals surface area contributed by atoms with E-state index in [1.165, 1.54) is 12.4 Å². The predicted octanol–water partition coefficient (Wildman–Crippen LogP) is 3.52. The first kappa shape index (κ1) is 13.3. The molecule has 106 valence electrons. The Morgan fingerprint density at radius 1 is 1.14 bits per heavy atom. The van der Waals surface area contributed by atoms with Gasteiger partial charge in [0, 0.05) is 17.5 Å². The van der Waals surface area contributed by atoms with Crippen LogP contribution >= 0.6 is 0 Å². The van der Waals surface area contributed by atoms with Crippen LogP contribution in [0.3, 0.4) is 0 Å². The lowest BCUT2D eigenvalue weighted by Crippen LogP contribution is -2.08. The molecule has 0 amide bonds. The fourth-order valence-electron chi connectivity index (χ4n) is 2.24. The summed E-state index contributed by atoms with van der Waals surface area (Å²) >= 11 is 0. The fraction of sp³-hybridized carbons (Fsp3) is 0.125. The Bertz CT molecular complexity index is 774. The van der Waals surface area contributed by atoms with Crippen LogP contribution in [0.25, 0.3) is 10.9 Å². The molecule has 4 nitrogen and oxygen atoms in total. The number of benzene rings is 2. The molecule has 0 aliphatic carbocycles. The zero-order chi connectivity index (χ0) is 14.8. The number of fused-ring (bicyclic) bond motifs is 1. The summed E-state index contributed by atoms with van der Waals surface area (Å²) in [6.45, 7) is 2.04. The molecule has 1 aromatic heterocycles. The van der Waals surface area contributed by atoms with Crippen molar-refractivity contribution < 1.29 is 4.39 Å². The molecule has 0 radical (unpaired) electrons. The molecule has 3 N–H and O–H groups in total. The zero-order valence-corrected chi connectivity index (χ0v) is 11.5. The number of rotatable bonds is 3. The third kappa shape index (κ3) is 2.63. The second-order valence-electron chi connectivity index (χ2n) is 4.89. The second kappa shape index (κ2) is 5.36. The summed E-state index contributed by atoms with van der Waals surface area (Å²) in [4.78, 5) is 8.32. The van der Waals surface area contributed by atoms with E-state index in [1.807, 2.05) is 37.3 Å². The van der Waals surface area contributed by atoms with Crippen LogP contribution in [0.15, 0.2) is 48.8 Å². The van der Waals surface area contributed by atoms with Crippen molar-refractivity contribution in [3.8, 4) is 0 Å². The lowest BCUT2D eigenvalue weighted by atomic mass is 10.1. The molecule has 0 saturated heterocycles. The Kier molecular flexibility index (Phi) is 3.39. The van der Waals surface area contributed by atoms with Gasteiger partial charge >= 0.3 is 0 Å². The summed E-state index contributed by atoms with van der Waals surface area (Å²) in [5.74, 6) is 0.173. The molecule has 3 rings (SSSR count). The molecule has 21 heavy (non-hydrogen) atoms. The van der Waals surface area contributed by atoms with Gasteiger partial charge in [-0.25, -0.2) is 14.4 Å². The lowest BCUT2D eigenvalue weighted by molar-refractivity contribution is 0.634. The number of nitrogens with two attached hydrogens (primary N) is 1. The summed E-state index contributed by atoms with van der Waals surface area (Å²) in [5, 5.41) is 4.03. The Morgan fingerprint density at radius 3 is 2.67 bits per heavy atom. The van der Waals surface area contributed by atoms with Crippen LogP contribution in [0.1, 0.15) is 18.5 Å². The van der Waals surface area contributed by atoms with Crippen molar-refractivity contribution in [1.82, 2.24) is 9.97 Å². The number of nitrogens with one attached hydrogen (secondary N) is 1. The van der Waals surface area contributed by atoms with E-state index in [2.05, 4.69) is 15.3 Å². The van der Waals surface area contributed by atoms with Crippen molar-refractivity contribution in [1.29, 1.82) is 0 Å². The van der Waals surface area contributed by atoms with Gasteiger partial charge in [0.1, 0.15) is 18.0 Å². The molecule has 0 spiro atoms.